The van der Waals surface area contributed by atoms with Gasteiger partial charge in [0.05, 0.1) is 22.4 Å². The molecule has 3 nitrogen and oxygen atoms in total. The molecule has 0 N–H and O–H groups in total. The molecule has 11 rings (SSSR count). The Balaban J connectivity index is 1.25. The summed E-state index contributed by atoms with van der Waals surface area (Å²) in [6.07, 6.45) is 0. The molecule has 0 bridgehead atoms. The van der Waals surface area contributed by atoms with Gasteiger partial charge in [0, 0.05) is 38.2 Å². The summed E-state index contributed by atoms with van der Waals surface area (Å²) < 4.78 is 13.4. The normalized spacial score (nSPS) is 11.6. The first-order valence-corrected chi connectivity index (χ1v) is 18.7. The van der Waals surface area contributed by atoms with Gasteiger partial charge >= 0.3 is 0 Å². The van der Waals surface area contributed by atoms with Crippen LogP contribution in [-0.2, 0) is 0 Å². The van der Waals surface area contributed by atoms with Crippen molar-refractivity contribution in [3.05, 3.63) is 200 Å². The van der Waals surface area contributed by atoms with E-state index in [4.69, 9.17) is 8.83 Å². The molecule has 55 heavy (non-hydrogen) atoms. The van der Waals surface area contributed by atoms with E-state index in [-0.39, 0.29) is 0 Å². The lowest BCUT2D eigenvalue weighted by Crippen LogP contribution is -2.13. The molecule has 0 fully saturated rings. The molecule has 0 unspecified atom stereocenters. The average molecular weight is 704 g/mol. The van der Waals surface area contributed by atoms with Crippen LogP contribution in [0.2, 0.25) is 0 Å². The van der Waals surface area contributed by atoms with E-state index in [1.54, 1.807) is 0 Å². The molecular formula is C52H33NO2. The molecule has 0 aliphatic carbocycles. The van der Waals surface area contributed by atoms with Gasteiger partial charge in [0.2, 0.25) is 0 Å². The highest BCUT2D eigenvalue weighted by molar-refractivity contribution is 6.20. The summed E-state index contributed by atoms with van der Waals surface area (Å²) in [5.41, 5.74) is 13.3. The molecule has 2 heterocycles. The van der Waals surface area contributed by atoms with E-state index in [2.05, 4.69) is 193 Å². The summed E-state index contributed by atoms with van der Waals surface area (Å²) in [6, 6.07) is 70.9. The topological polar surface area (TPSA) is 29.5 Å². The highest BCUT2D eigenvalue weighted by atomic mass is 16.3. The maximum Gasteiger partial charge on any atom is 0.143 e. The Kier molecular flexibility index (Phi) is 7.17. The molecule has 11 aromatic rings. The molecule has 0 saturated heterocycles. The van der Waals surface area contributed by atoms with Crippen LogP contribution in [0.3, 0.4) is 0 Å². The van der Waals surface area contributed by atoms with Crippen molar-refractivity contribution < 1.29 is 8.83 Å². The largest absolute Gasteiger partial charge is 0.455 e. The Hall–Kier alpha value is -7.36. The minimum atomic E-state index is 0.841. The summed E-state index contributed by atoms with van der Waals surface area (Å²) in [5.74, 6) is 0. The molecular weight excluding hydrogens is 671 g/mol. The van der Waals surface area contributed by atoms with E-state index in [1.807, 2.05) is 12.1 Å². The van der Waals surface area contributed by atoms with Crippen LogP contribution in [0.15, 0.2) is 209 Å². The third-order valence-electron chi connectivity index (χ3n) is 10.9. The van der Waals surface area contributed by atoms with Crippen LogP contribution >= 0.6 is 0 Å². The van der Waals surface area contributed by atoms with E-state index >= 15 is 0 Å². The van der Waals surface area contributed by atoms with Gasteiger partial charge in [-0.25, -0.2) is 0 Å². The van der Waals surface area contributed by atoms with Crippen LogP contribution in [0.4, 0.5) is 17.1 Å². The second kappa shape index (κ2) is 12.6. The van der Waals surface area contributed by atoms with E-state index in [1.165, 1.54) is 5.56 Å². The number of fused-ring (bicyclic) bond motifs is 8. The predicted octanol–water partition coefficient (Wildman–Crippen LogP) is 15.1. The molecule has 0 atom stereocenters. The number of hydrogen-bond donors (Lipinski definition) is 0. The Morgan fingerprint density at radius 3 is 1.80 bits per heavy atom. The SMILES string of the molecule is c1ccc(-c2ccc(N(c3ccccc3-c3cccc4c3oc3ccccc34)c3cccc4oc5c6ccccc6ccc5c34)c(-c3ccccc3)c2)cc1. The number of rotatable bonds is 6. The van der Waals surface area contributed by atoms with Gasteiger partial charge < -0.3 is 13.7 Å². The molecule has 2 aromatic heterocycles. The first-order chi connectivity index (χ1) is 27.3. The maximum absolute atomic E-state index is 6.78. The quantitative estimate of drug-likeness (QED) is 0.173. The van der Waals surface area contributed by atoms with Gasteiger partial charge in [-0.15, -0.1) is 0 Å². The highest BCUT2D eigenvalue weighted by Gasteiger charge is 2.26. The number of hydrogen-bond acceptors (Lipinski definition) is 3. The maximum atomic E-state index is 6.78. The molecule has 258 valence electrons. The molecule has 0 aliphatic heterocycles. The third kappa shape index (κ3) is 5.05. The summed E-state index contributed by atoms with van der Waals surface area (Å²) in [6.45, 7) is 0. The molecule has 3 heteroatoms. The van der Waals surface area contributed by atoms with Crippen molar-refractivity contribution in [3.8, 4) is 33.4 Å². The molecule has 0 spiro atoms. The zero-order valence-electron chi connectivity index (χ0n) is 29.8. The van der Waals surface area contributed by atoms with E-state index < -0.39 is 0 Å². The van der Waals surface area contributed by atoms with E-state index in [0.29, 0.717) is 0 Å². The van der Waals surface area contributed by atoms with Gasteiger partial charge in [-0.2, -0.15) is 0 Å². The second-order valence-electron chi connectivity index (χ2n) is 14.0. The van der Waals surface area contributed by atoms with E-state index in [0.717, 1.165) is 99.5 Å². The fourth-order valence-corrected chi connectivity index (χ4v) is 8.36. The van der Waals surface area contributed by atoms with Gasteiger partial charge in [0.25, 0.3) is 0 Å². The number of para-hydroxylation sites is 3. The first kappa shape index (κ1) is 31.2. The Labute approximate surface area is 317 Å². The minimum absolute atomic E-state index is 0.841. The van der Waals surface area contributed by atoms with Crippen LogP contribution in [0.25, 0.3) is 88.0 Å². The monoisotopic (exact) mass is 703 g/mol. The van der Waals surface area contributed by atoms with Gasteiger partial charge in [-0.1, -0.05) is 158 Å². The Morgan fingerprint density at radius 2 is 0.927 bits per heavy atom. The van der Waals surface area contributed by atoms with Crippen LogP contribution in [0.1, 0.15) is 0 Å². The standard InChI is InChI=1S/C52H33NO2/c1-3-15-34(16-4-1)37-30-32-46(44(33-37)35-17-5-2-6-18-35)53(47-26-14-28-49-50(47)43-31-29-36-19-7-8-20-38(36)51(43)55-49)45-25-11-9-21-39(45)41-23-13-24-42-40-22-10-12-27-48(40)54-52(41)42/h1-33H. The minimum Gasteiger partial charge on any atom is -0.455 e. The fraction of sp³-hybridized carbons (Fsp3) is 0. The van der Waals surface area contributed by atoms with Crippen molar-refractivity contribution in [3.63, 3.8) is 0 Å². The van der Waals surface area contributed by atoms with Gasteiger partial charge in [-0.3, -0.25) is 0 Å². The number of benzene rings is 9. The average Bonchev–Trinajstić information content (AvgIpc) is 3.84. The van der Waals surface area contributed by atoms with Crippen LogP contribution in [-0.4, -0.2) is 0 Å². The summed E-state index contributed by atoms with van der Waals surface area (Å²) >= 11 is 0. The smallest absolute Gasteiger partial charge is 0.143 e. The van der Waals surface area contributed by atoms with Crippen molar-refractivity contribution in [2.45, 2.75) is 0 Å². The number of nitrogens with zero attached hydrogens (tertiary/aromatic N) is 1. The summed E-state index contributed by atoms with van der Waals surface area (Å²) in [7, 11) is 0. The Bertz CT molecular complexity index is 3210. The second-order valence-corrected chi connectivity index (χ2v) is 14.0. The van der Waals surface area contributed by atoms with Crippen molar-refractivity contribution in [2.75, 3.05) is 4.90 Å². The fourth-order valence-electron chi connectivity index (χ4n) is 8.36. The molecule has 0 aliphatic rings. The van der Waals surface area contributed by atoms with Gasteiger partial charge in [0.15, 0.2) is 0 Å². The predicted molar refractivity (Wildman–Crippen MR) is 229 cm³/mol. The first-order valence-electron chi connectivity index (χ1n) is 18.7. The van der Waals surface area contributed by atoms with Gasteiger partial charge in [-0.05, 0) is 64.5 Å². The zero-order valence-corrected chi connectivity index (χ0v) is 29.8. The lowest BCUT2D eigenvalue weighted by molar-refractivity contribution is 0.670. The number of furan rings is 2. The lowest BCUT2D eigenvalue weighted by Gasteiger charge is -2.31. The third-order valence-corrected chi connectivity index (χ3v) is 10.9. The van der Waals surface area contributed by atoms with Crippen molar-refractivity contribution >= 4 is 71.7 Å². The van der Waals surface area contributed by atoms with Crippen LogP contribution in [0, 0.1) is 0 Å². The van der Waals surface area contributed by atoms with Crippen molar-refractivity contribution in [1.29, 1.82) is 0 Å². The highest BCUT2D eigenvalue weighted by Crippen LogP contribution is 2.50. The summed E-state index contributed by atoms with van der Waals surface area (Å²) in [5, 5.41) is 6.60. The van der Waals surface area contributed by atoms with Gasteiger partial charge in [0.1, 0.15) is 22.3 Å². The van der Waals surface area contributed by atoms with Crippen LogP contribution < -0.4 is 4.90 Å². The van der Waals surface area contributed by atoms with Crippen molar-refractivity contribution in [1.82, 2.24) is 0 Å². The van der Waals surface area contributed by atoms with Crippen molar-refractivity contribution in [2.24, 2.45) is 0 Å². The Morgan fingerprint density at radius 1 is 0.309 bits per heavy atom. The zero-order chi connectivity index (χ0) is 36.3. The molecule has 9 aromatic carbocycles. The van der Waals surface area contributed by atoms with Crippen LogP contribution in [0.5, 0.6) is 0 Å². The lowest BCUT2D eigenvalue weighted by atomic mass is 9.94. The summed E-state index contributed by atoms with van der Waals surface area (Å²) in [4.78, 5) is 2.43. The van der Waals surface area contributed by atoms with E-state index in [9.17, 15) is 0 Å². The number of anilines is 3. The molecule has 0 radical (unpaired) electrons. The molecule has 0 amide bonds. The molecule has 0 saturated carbocycles.